The fourth-order valence-corrected chi connectivity index (χ4v) is 16.7. The van der Waals surface area contributed by atoms with Crippen LogP contribution in [0.1, 0.15) is 54.2 Å². The van der Waals surface area contributed by atoms with Crippen molar-refractivity contribution < 1.29 is 37.2 Å². The Hall–Kier alpha value is -4.24. The van der Waals surface area contributed by atoms with Crippen molar-refractivity contribution in [2.75, 3.05) is 0 Å². The molecule has 6 aromatic rings. The molecule has 0 unspecified atom stereocenters. The summed E-state index contributed by atoms with van der Waals surface area (Å²) in [5.74, 6) is 0. The van der Waals surface area contributed by atoms with Gasteiger partial charge in [0.05, 0.1) is 37.9 Å². The van der Waals surface area contributed by atoms with Crippen molar-refractivity contribution in [1.82, 2.24) is 0 Å². The summed E-state index contributed by atoms with van der Waals surface area (Å²) in [5.41, 5.74) is 5.15. The normalized spacial score (nSPS) is 20.4. The monoisotopic (exact) mass is 930 g/mol. The molecule has 0 amide bonds. The van der Waals surface area contributed by atoms with E-state index in [1.54, 1.807) is 0 Å². The van der Waals surface area contributed by atoms with Gasteiger partial charge in [-0.15, -0.1) is 0 Å². The molecule has 0 spiro atoms. The molecule has 7 rings (SSSR count). The standard InChI is InChI=1S/C54H64O8P2Si/c1-4-65(5-2,6-3)62-51-49(55)50(58-37-43-25-13-7-14-26-43)53(60-63(56,39-45-29-17-9-18-30-45)40-46-31-19-10-20-32-46)54(52(51)59-38-44-27-15-8-16-28-44)61-64(57,41-47-33-21-11-22-34-47)42-48-35-23-12-24-36-48/h7-36,49-55H,4-6,37-42H2,1-3H3/t49-,50+,51-,52+,53-,54-/m0/s1. The van der Waals surface area contributed by atoms with Gasteiger partial charge in [0.1, 0.15) is 36.6 Å². The van der Waals surface area contributed by atoms with E-state index in [0.717, 1.165) is 51.5 Å². The summed E-state index contributed by atoms with van der Waals surface area (Å²) in [6, 6.07) is 60.8. The first kappa shape index (κ1) is 48.7. The van der Waals surface area contributed by atoms with Crippen LogP contribution in [-0.4, -0.2) is 50.0 Å². The van der Waals surface area contributed by atoms with Gasteiger partial charge in [-0.1, -0.05) is 203 Å². The lowest BCUT2D eigenvalue weighted by atomic mass is 9.84. The van der Waals surface area contributed by atoms with Crippen molar-refractivity contribution in [2.45, 2.75) is 113 Å². The van der Waals surface area contributed by atoms with E-state index < -0.39 is 59.7 Å². The Morgan fingerprint density at radius 3 is 0.985 bits per heavy atom. The maximum Gasteiger partial charge on any atom is 0.212 e. The van der Waals surface area contributed by atoms with Crippen LogP contribution in [0.5, 0.6) is 0 Å². The molecule has 65 heavy (non-hydrogen) atoms. The maximum atomic E-state index is 16.1. The molecule has 0 aliphatic heterocycles. The van der Waals surface area contributed by atoms with E-state index in [0.29, 0.717) is 0 Å². The summed E-state index contributed by atoms with van der Waals surface area (Å²) in [6.07, 6.45) is -6.42. The Morgan fingerprint density at radius 1 is 0.400 bits per heavy atom. The second-order valence-electron chi connectivity index (χ2n) is 17.2. The molecule has 8 nitrogen and oxygen atoms in total. The van der Waals surface area contributed by atoms with E-state index in [4.69, 9.17) is 22.9 Å². The first-order valence-electron chi connectivity index (χ1n) is 23.0. The molecule has 0 saturated heterocycles. The van der Waals surface area contributed by atoms with Crippen molar-refractivity contribution in [3.05, 3.63) is 215 Å². The zero-order chi connectivity index (χ0) is 45.5. The van der Waals surface area contributed by atoms with Crippen molar-refractivity contribution >= 4 is 23.1 Å². The summed E-state index contributed by atoms with van der Waals surface area (Å²) >= 11 is 0. The van der Waals surface area contributed by atoms with Crippen LogP contribution in [0.3, 0.4) is 0 Å². The van der Waals surface area contributed by atoms with Crippen LogP contribution in [0, 0.1) is 0 Å². The van der Waals surface area contributed by atoms with Gasteiger partial charge in [0.2, 0.25) is 14.7 Å². The summed E-state index contributed by atoms with van der Waals surface area (Å²) in [7, 11) is -10.0. The second-order valence-corrected chi connectivity index (χ2v) is 26.9. The van der Waals surface area contributed by atoms with Gasteiger partial charge < -0.3 is 28.1 Å². The molecule has 6 atom stereocenters. The van der Waals surface area contributed by atoms with Crippen LogP contribution in [-0.2, 0) is 69.9 Å². The van der Waals surface area contributed by atoms with Crippen LogP contribution in [0.25, 0.3) is 0 Å². The average Bonchev–Trinajstić information content (AvgIpc) is 3.33. The molecule has 11 heteroatoms. The van der Waals surface area contributed by atoms with E-state index >= 15 is 9.13 Å². The zero-order valence-electron chi connectivity index (χ0n) is 37.8. The molecule has 6 aromatic carbocycles. The number of ether oxygens (including phenoxy) is 2. The van der Waals surface area contributed by atoms with Crippen LogP contribution in [0.4, 0.5) is 0 Å². The molecule has 1 aliphatic carbocycles. The molecular formula is C54H64O8P2Si. The van der Waals surface area contributed by atoms with Gasteiger partial charge in [-0.05, 0) is 51.5 Å². The predicted octanol–water partition coefficient (Wildman–Crippen LogP) is 13.0. The predicted molar refractivity (Wildman–Crippen MR) is 264 cm³/mol. The largest absolute Gasteiger partial charge is 0.408 e. The summed E-state index contributed by atoms with van der Waals surface area (Å²) in [4.78, 5) is 0. The zero-order valence-corrected chi connectivity index (χ0v) is 40.6. The lowest BCUT2D eigenvalue weighted by Gasteiger charge is -2.51. The molecule has 342 valence electrons. The number of hydrogen-bond donors (Lipinski definition) is 1. The molecule has 0 aromatic heterocycles. The first-order valence-corrected chi connectivity index (χ1v) is 29.5. The average molecular weight is 931 g/mol. The van der Waals surface area contributed by atoms with E-state index in [1.165, 1.54) is 0 Å². The summed E-state index contributed by atoms with van der Waals surface area (Å²) in [5, 5.41) is 13.1. The summed E-state index contributed by atoms with van der Waals surface area (Å²) < 4.78 is 68.1. The Labute approximate surface area is 387 Å². The third-order valence-corrected chi connectivity index (χ3v) is 21.8. The van der Waals surface area contributed by atoms with Gasteiger partial charge in [-0.2, -0.15) is 0 Å². The Morgan fingerprint density at radius 2 is 0.677 bits per heavy atom. The van der Waals surface area contributed by atoms with Crippen molar-refractivity contribution in [3.63, 3.8) is 0 Å². The van der Waals surface area contributed by atoms with E-state index in [2.05, 4.69) is 20.8 Å². The fraction of sp³-hybridized carbons (Fsp3) is 0.333. The van der Waals surface area contributed by atoms with Crippen LogP contribution < -0.4 is 0 Å². The Bertz CT molecular complexity index is 2290. The molecule has 1 N–H and O–H groups in total. The van der Waals surface area contributed by atoms with Gasteiger partial charge in [-0.25, -0.2) is 0 Å². The lowest BCUT2D eigenvalue weighted by molar-refractivity contribution is -0.235. The van der Waals surface area contributed by atoms with Gasteiger partial charge in [0.25, 0.3) is 0 Å². The highest BCUT2D eigenvalue weighted by Gasteiger charge is 2.58. The molecule has 0 radical (unpaired) electrons. The first-order chi connectivity index (χ1) is 31.6. The van der Waals surface area contributed by atoms with E-state index in [1.807, 2.05) is 182 Å². The minimum Gasteiger partial charge on any atom is -0.408 e. The van der Waals surface area contributed by atoms with Gasteiger partial charge in [0, 0.05) is 0 Å². The molecular weight excluding hydrogens is 867 g/mol. The quantitative estimate of drug-likeness (QED) is 0.0501. The highest BCUT2D eigenvalue weighted by atomic mass is 31.2. The van der Waals surface area contributed by atoms with Crippen LogP contribution in [0.15, 0.2) is 182 Å². The van der Waals surface area contributed by atoms with Crippen molar-refractivity contribution in [1.29, 1.82) is 0 Å². The number of rotatable bonds is 23. The molecule has 1 fully saturated rings. The lowest BCUT2D eigenvalue weighted by Crippen LogP contribution is -2.68. The Balaban J connectivity index is 1.42. The Kier molecular flexibility index (Phi) is 17.6. The number of aliphatic hydroxyl groups is 1. The highest BCUT2D eigenvalue weighted by molar-refractivity contribution is 7.57. The number of hydrogen-bond acceptors (Lipinski definition) is 8. The molecule has 0 heterocycles. The van der Waals surface area contributed by atoms with Gasteiger partial charge in [-0.3, -0.25) is 9.13 Å². The summed E-state index contributed by atoms with van der Waals surface area (Å²) in [6.45, 7) is 6.70. The third-order valence-electron chi connectivity index (χ3n) is 12.6. The van der Waals surface area contributed by atoms with E-state index in [-0.39, 0.29) is 37.9 Å². The highest BCUT2D eigenvalue weighted by Crippen LogP contribution is 2.60. The number of benzene rings is 6. The molecule has 1 aliphatic rings. The minimum absolute atomic E-state index is 0.103. The topological polar surface area (TPSA) is 101 Å². The van der Waals surface area contributed by atoms with E-state index in [9.17, 15) is 5.11 Å². The number of aliphatic hydroxyl groups excluding tert-OH is 1. The van der Waals surface area contributed by atoms with Gasteiger partial charge >= 0.3 is 0 Å². The van der Waals surface area contributed by atoms with Crippen molar-refractivity contribution in [2.24, 2.45) is 0 Å². The van der Waals surface area contributed by atoms with Crippen LogP contribution >= 0.6 is 14.7 Å². The molecule has 0 bridgehead atoms. The van der Waals surface area contributed by atoms with Crippen LogP contribution in [0.2, 0.25) is 18.1 Å². The minimum atomic E-state index is -3.76. The maximum absolute atomic E-state index is 16.1. The smallest absolute Gasteiger partial charge is 0.212 e. The SMILES string of the molecule is CC[Si](CC)(CC)O[C@H]1[C@@H](O)[C@@H](OCc2ccccc2)[C@H](OP(=O)(Cc2ccccc2)Cc2ccccc2)[C@@H](OP(=O)(Cc2ccccc2)Cc2ccccc2)[C@@H]1OCc1ccccc1. The van der Waals surface area contributed by atoms with Gasteiger partial charge in [0.15, 0.2) is 8.32 Å². The third kappa shape index (κ3) is 13.4. The second kappa shape index (κ2) is 23.5. The molecule has 1 saturated carbocycles. The van der Waals surface area contributed by atoms with Crippen molar-refractivity contribution in [3.8, 4) is 0 Å². The fourth-order valence-electron chi connectivity index (χ4n) is 8.87.